The molecular formula is C17H17BrN2O2. The zero-order valence-corrected chi connectivity index (χ0v) is 14.1. The molecule has 1 heterocycles. The van der Waals surface area contributed by atoms with E-state index in [9.17, 15) is 0 Å². The predicted molar refractivity (Wildman–Crippen MR) is 91.3 cm³/mol. The van der Waals surface area contributed by atoms with Crippen LogP contribution in [0.4, 0.5) is 5.69 Å². The van der Waals surface area contributed by atoms with Gasteiger partial charge in [0.25, 0.3) is 0 Å². The Kier molecular flexibility index (Phi) is 4.34. The molecular weight excluding hydrogens is 344 g/mol. The minimum Gasteiger partial charge on any atom is -0.493 e. The van der Waals surface area contributed by atoms with Crippen LogP contribution in [-0.4, -0.2) is 23.9 Å². The number of para-hydroxylation sites is 1. The van der Waals surface area contributed by atoms with Crippen molar-refractivity contribution in [2.75, 3.05) is 14.2 Å². The highest BCUT2D eigenvalue weighted by molar-refractivity contribution is 9.18. The molecule has 114 valence electrons. The van der Waals surface area contributed by atoms with Gasteiger partial charge in [0, 0.05) is 13.1 Å². The molecule has 0 aliphatic carbocycles. The summed E-state index contributed by atoms with van der Waals surface area (Å²) in [6, 6.07) is 14.2. The molecule has 0 radical (unpaired) electrons. The number of hydrogen-bond acceptors (Lipinski definition) is 4. The van der Waals surface area contributed by atoms with E-state index >= 15 is 0 Å². The van der Waals surface area contributed by atoms with E-state index in [0.717, 1.165) is 40.6 Å². The average Bonchev–Trinajstić information content (AvgIpc) is 2.55. The van der Waals surface area contributed by atoms with E-state index < -0.39 is 0 Å². The van der Waals surface area contributed by atoms with E-state index in [1.807, 2.05) is 36.4 Å². The van der Waals surface area contributed by atoms with Gasteiger partial charge >= 0.3 is 0 Å². The van der Waals surface area contributed by atoms with Crippen LogP contribution in [0.15, 0.2) is 47.5 Å². The third-order valence-corrected chi connectivity index (χ3v) is 4.33. The van der Waals surface area contributed by atoms with Crippen molar-refractivity contribution in [3.8, 4) is 11.5 Å². The molecule has 0 fully saturated rings. The van der Waals surface area contributed by atoms with Gasteiger partial charge in [0.1, 0.15) is 0 Å². The van der Waals surface area contributed by atoms with Gasteiger partial charge in [0.15, 0.2) is 16.2 Å². The maximum Gasteiger partial charge on any atom is 0.174 e. The van der Waals surface area contributed by atoms with Crippen molar-refractivity contribution in [3.05, 3.63) is 53.6 Å². The summed E-state index contributed by atoms with van der Waals surface area (Å²) in [6.45, 7) is 1.58. The van der Waals surface area contributed by atoms with Gasteiger partial charge < -0.3 is 14.4 Å². The maximum absolute atomic E-state index is 5.36. The molecule has 0 N–H and O–H groups in total. The van der Waals surface area contributed by atoms with Crippen LogP contribution < -0.4 is 9.47 Å². The standard InChI is InChI=1S/C17H17BrN2O2/c1-21-15-8-7-12(9-16(15)22-2)10-20-11-13-5-3-4-6-14(13)19-17(20)18/h3-9H,10-11H2,1-2H3. The molecule has 0 saturated carbocycles. The second kappa shape index (κ2) is 6.40. The lowest BCUT2D eigenvalue weighted by Gasteiger charge is -2.27. The van der Waals surface area contributed by atoms with Crippen LogP contribution in [-0.2, 0) is 13.1 Å². The minimum absolute atomic E-state index is 0.739. The van der Waals surface area contributed by atoms with Crippen molar-refractivity contribution in [2.24, 2.45) is 4.99 Å². The van der Waals surface area contributed by atoms with Gasteiger partial charge in [-0.25, -0.2) is 4.99 Å². The number of ether oxygens (including phenoxy) is 2. The zero-order valence-electron chi connectivity index (χ0n) is 12.5. The summed E-state index contributed by atoms with van der Waals surface area (Å²) in [5.74, 6) is 1.48. The number of hydrogen-bond donors (Lipinski definition) is 0. The highest BCUT2D eigenvalue weighted by Crippen LogP contribution is 2.31. The lowest BCUT2D eigenvalue weighted by Crippen LogP contribution is -2.28. The van der Waals surface area contributed by atoms with Crippen LogP contribution in [0.5, 0.6) is 11.5 Å². The highest BCUT2D eigenvalue weighted by atomic mass is 79.9. The van der Waals surface area contributed by atoms with E-state index in [1.54, 1.807) is 14.2 Å². The lowest BCUT2D eigenvalue weighted by atomic mass is 10.1. The topological polar surface area (TPSA) is 34.1 Å². The second-order valence-electron chi connectivity index (χ2n) is 5.05. The number of rotatable bonds is 4. The van der Waals surface area contributed by atoms with E-state index in [0.29, 0.717) is 0 Å². The Morgan fingerprint density at radius 1 is 1.09 bits per heavy atom. The van der Waals surface area contributed by atoms with Gasteiger partial charge in [0.05, 0.1) is 19.9 Å². The van der Waals surface area contributed by atoms with Crippen LogP contribution >= 0.6 is 15.9 Å². The SMILES string of the molecule is COc1ccc(CN2Cc3ccccc3N=C2Br)cc1OC. The zero-order chi connectivity index (χ0) is 15.5. The third-order valence-electron chi connectivity index (χ3n) is 3.65. The molecule has 2 aromatic carbocycles. The summed E-state index contributed by atoms with van der Waals surface area (Å²) < 4.78 is 11.5. The monoisotopic (exact) mass is 360 g/mol. The fraction of sp³-hybridized carbons (Fsp3) is 0.235. The molecule has 22 heavy (non-hydrogen) atoms. The fourth-order valence-corrected chi connectivity index (χ4v) is 2.96. The largest absolute Gasteiger partial charge is 0.493 e. The molecule has 1 aliphatic rings. The Balaban J connectivity index is 1.83. The predicted octanol–water partition coefficient (Wildman–Crippen LogP) is 4.10. The van der Waals surface area contributed by atoms with E-state index in [2.05, 4.69) is 31.9 Å². The van der Waals surface area contributed by atoms with Gasteiger partial charge in [-0.15, -0.1) is 0 Å². The first-order valence-electron chi connectivity index (χ1n) is 6.99. The molecule has 1 aliphatic heterocycles. The summed E-state index contributed by atoms with van der Waals surface area (Å²) >= 11 is 3.57. The molecule has 4 nitrogen and oxygen atoms in total. The lowest BCUT2D eigenvalue weighted by molar-refractivity contribution is 0.352. The van der Waals surface area contributed by atoms with Crippen LogP contribution in [0.25, 0.3) is 0 Å². The van der Waals surface area contributed by atoms with Crippen LogP contribution in [0, 0.1) is 0 Å². The summed E-state index contributed by atoms with van der Waals surface area (Å²) in [5.41, 5.74) is 3.40. The number of methoxy groups -OCH3 is 2. The molecule has 0 unspecified atom stereocenters. The third kappa shape index (κ3) is 2.95. The van der Waals surface area contributed by atoms with E-state index in [4.69, 9.17) is 9.47 Å². The Bertz CT molecular complexity index is 716. The summed E-state index contributed by atoms with van der Waals surface area (Å²) in [7, 11) is 3.29. The molecule has 0 saturated heterocycles. The van der Waals surface area contributed by atoms with E-state index in [1.165, 1.54) is 5.56 Å². The molecule has 0 atom stereocenters. The number of fused-ring (bicyclic) bond motifs is 1. The minimum atomic E-state index is 0.739. The molecule has 0 spiro atoms. The smallest absolute Gasteiger partial charge is 0.174 e. The maximum atomic E-state index is 5.36. The van der Waals surface area contributed by atoms with Gasteiger partial charge in [-0.1, -0.05) is 24.3 Å². The Morgan fingerprint density at radius 2 is 1.86 bits per heavy atom. The quantitative estimate of drug-likeness (QED) is 0.769. The van der Waals surface area contributed by atoms with Gasteiger partial charge in [-0.2, -0.15) is 0 Å². The second-order valence-corrected chi connectivity index (χ2v) is 5.76. The van der Waals surface area contributed by atoms with Crippen molar-refractivity contribution >= 4 is 26.4 Å². The number of nitrogens with zero attached hydrogens (tertiary/aromatic N) is 2. The highest BCUT2D eigenvalue weighted by Gasteiger charge is 2.18. The molecule has 5 heteroatoms. The van der Waals surface area contributed by atoms with Crippen molar-refractivity contribution < 1.29 is 9.47 Å². The van der Waals surface area contributed by atoms with Crippen molar-refractivity contribution in [1.29, 1.82) is 0 Å². The normalized spacial score (nSPS) is 13.4. The first-order chi connectivity index (χ1) is 10.7. The molecule has 2 aromatic rings. The van der Waals surface area contributed by atoms with Crippen LogP contribution in [0.3, 0.4) is 0 Å². The molecule has 0 amide bonds. The summed E-state index contributed by atoms with van der Waals surface area (Å²) in [6.07, 6.45) is 0. The Labute approximate surface area is 138 Å². The van der Waals surface area contributed by atoms with Crippen LogP contribution in [0.2, 0.25) is 0 Å². The first-order valence-corrected chi connectivity index (χ1v) is 7.78. The Morgan fingerprint density at radius 3 is 2.64 bits per heavy atom. The Hall–Kier alpha value is -2.01. The molecule has 0 aromatic heterocycles. The average molecular weight is 361 g/mol. The van der Waals surface area contributed by atoms with Crippen molar-refractivity contribution in [3.63, 3.8) is 0 Å². The van der Waals surface area contributed by atoms with Gasteiger partial charge in [-0.3, -0.25) is 0 Å². The number of aliphatic imine (C=N–C) groups is 1. The van der Waals surface area contributed by atoms with E-state index in [-0.39, 0.29) is 0 Å². The van der Waals surface area contributed by atoms with Gasteiger partial charge in [0.2, 0.25) is 0 Å². The number of benzene rings is 2. The summed E-state index contributed by atoms with van der Waals surface area (Å²) in [4.78, 5) is 6.79. The fourth-order valence-electron chi connectivity index (χ4n) is 2.52. The number of amidine groups is 1. The first kappa shape index (κ1) is 14.9. The molecule has 0 bridgehead atoms. The summed E-state index contributed by atoms with van der Waals surface area (Å²) in [5, 5.41) is 0. The van der Waals surface area contributed by atoms with Crippen LogP contribution in [0.1, 0.15) is 11.1 Å². The van der Waals surface area contributed by atoms with Gasteiger partial charge in [-0.05, 0) is 45.3 Å². The number of halogens is 1. The van der Waals surface area contributed by atoms with Crippen molar-refractivity contribution in [2.45, 2.75) is 13.1 Å². The van der Waals surface area contributed by atoms with Crippen molar-refractivity contribution in [1.82, 2.24) is 4.90 Å². The molecule has 3 rings (SSSR count).